The number of amides is 1. The van der Waals surface area contributed by atoms with Gasteiger partial charge in [-0.05, 0) is 49.8 Å². The summed E-state index contributed by atoms with van der Waals surface area (Å²) in [7, 11) is 1.66. The molecule has 2 aromatic rings. The fourth-order valence-corrected chi connectivity index (χ4v) is 2.92. The molecule has 2 rings (SSSR count). The number of ether oxygens (including phenoxy) is 1. The van der Waals surface area contributed by atoms with E-state index in [0.717, 1.165) is 30.1 Å². The third-order valence-corrected chi connectivity index (χ3v) is 4.31. The van der Waals surface area contributed by atoms with Crippen LogP contribution < -0.4 is 10.1 Å². The number of hydrogen-bond acceptors (Lipinski definition) is 4. The second kappa shape index (κ2) is 9.18. The summed E-state index contributed by atoms with van der Waals surface area (Å²) in [6, 6.07) is 13.6. The van der Waals surface area contributed by atoms with E-state index >= 15 is 0 Å². The van der Waals surface area contributed by atoms with Crippen molar-refractivity contribution >= 4 is 5.91 Å². The lowest BCUT2D eigenvalue weighted by atomic mass is 10.0. The van der Waals surface area contributed by atoms with Crippen LogP contribution in [0, 0.1) is 6.92 Å². The van der Waals surface area contributed by atoms with Crippen molar-refractivity contribution in [2.24, 2.45) is 0 Å². The van der Waals surface area contributed by atoms with E-state index in [0.29, 0.717) is 12.2 Å². The van der Waals surface area contributed by atoms with Crippen molar-refractivity contribution in [3.63, 3.8) is 0 Å². The Kier molecular flexibility index (Phi) is 6.95. The molecular formula is C20H27N3O2. The number of hydrogen-bond donors (Lipinski definition) is 1. The predicted octanol–water partition coefficient (Wildman–Crippen LogP) is 3.21. The fourth-order valence-electron chi connectivity index (χ4n) is 2.92. The van der Waals surface area contributed by atoms with Crippen LogP contribution in [-0.2, 0) is 0 Å². The minimum Gasteiger partial charge on any atom is -0.497 e. The van der Waals surface area contributed by atoms with Gasteiger partial charge < -0.3 is 10.1 Å². The Hall–Kier alpha value is -2.40. The highest BCUT2D eigenvalue weighted by Gasteiger charge is 2.20. The summed E-state index contributed by atoms with van der Waals surface area (Å²) in [6.07, 6.45) is 0. The van der Waals surface area contributed by atoms with Gasteiger partial charge in [-0.2, -0.15) is 0 Å². The lowest BCUT2D eigenvalue weighted by molar-refractivity contribution is 0.0929. The molecule has 0 bridgehead atoms. The van der Waals surface area contributed by atoms with E-state index in [-0.39, 0.29) is 11.9 Å². The van der Waals surface area contributed by atoms with E-state index in [4.69, 9.17) is 4.74 Å². The maximum Gasteiger partial charge on any atom is 0.269 e. The van der Waals surface area contributed by atoms with Gasteiger partial charge in [-0.3, -0.25) is 9.69 Å². The van der Waals surface area contributed by atoms with Crippen molar-refractivity contribution in [3.05, 3.63) is 59.4 Å². The van der Waals surface area contributed by atoms with Crippen molar-refractivity contribution < 1.29 is 9.53 Å². The molecule has 1 unspecified atom stereocenters. The second-order valence-corrected chi connectivity index (χ2v) is 5.89. The minimum atomic E-state index is -0.149. The van der Waals surface area contributed by atoms with Gasteiger partial charge >= 0.3 is 0 Å². The van der Waals surface area contributed by atoms with E-state index in [1.165, 1.54) is 0 Å². The van der Waals surface area contributed by atoms with E-state index in [1.54, 1.807) is 13.2 Å². The highest BCUT2D eigenvalue weighted by atomic mass is 16.5. The molecule has 0 spiro atoms. The number of aromatic nitrogens is 1. The second-order valence-electron chi connectivity index (χ2n) is 5.89. The van der Waals surface area contributed by atoms with Crippen LogP contribution in [-0.4, -0.2) is 42.5 Å². The summed E-state index contributed by atoms with van der Waals surface area (Å²) in [6.45, 7) is 8.45. The van der Waals surface area contributed by atoms with Gasteiger partial charge in [-0.15, -0.1) is 0 Å². The average molecular weight is 341 g/mol. The zero-order valence-electron chi connectivity index (χ0n) is 15.5. The number of nitrogens with zero attached hydrogens (tertiary/aromatic N) is 2. The lowest BCUT2D eigenvalue weighted by Gasteiger charge is -2.30. The van der Waals surface area contributed by atoms with Gasteiger partial charge in [-0.25, -0.2) is 4.98 Å². The van der Waals surface area contributed by atoms with Gasteiger partial charge in [0.05, 0.1) is 13.2 Å². The minimum absolute atomic E-state index is 0.0823. The Morgan fingerprint density at radius 1 is 1.20 bits per heavy atom. The monoisotopic (exact) mass is 341 g/mol. The van der Waals surface area contributed by atoms with Crippen LogP contribution in [0.15, 0.2) is 42.5 Å². The molecule has 1 N–H and O–H groups in total. The van der Waals surface area contributed by atoms with Crippen LogP contribution in [0.2, 0.25) is 0 Å². The molecule has 5 heteroatoms. The Balaban J connectivity index is 2.17. The van der Waals surface area contributed by atoms with Gasteiger partial charge in [0, 0.05) is 12.2 Å². The molecule has 0 radical (unpaired) electrons. The van der Waals surface area contributed by atoms with E-state index in [2.05, 4.69) is 35.1 Å². The third kappa shape index (κ3) is 5.03. The number of pyridine rings is 1. The zero-order valence-corrected chi connectivity index (χ0v) is 15.5. The highest BCUT2D eigenvalue weighted by molar-refractivity contribution is 5.92. The quantitative estimate of drug-likeness (QED) is 0.801. The molecule has 134 valence electrons. The van der Waals surface area contributed by atoms with Crippen molar-refractivity contribution in [1.82, 2.24) is 15.2 Å². The SMILES string of the molecule is CCN(CC)C(CNC(=O)c1cccc(C)n1)c1cccc(OC)c1. The first-order chi connectivity index (χ1) is 12.1. The molecule has 1 heterocycles. The van der Waals surface area contributed by atoms with Crippen molar-refractivity contribution in [1.29, 1.82) is 0 Å². The molecule has 5 nitrogen and oxygen atoms in total. The summed E-state index contributed by atoms with van der Waals surface area (Å²) in [5.74, 6) is 0.671. The molecule has 1 aromatic heterocycles. The van der Waals surface area contributed by atoms with Crippen LogP contribution in [0.3, 0.4) is 0 Å². The number of aryl methyl sites for hydroxylation is 1. The Morgan fingerprint density at radius 2 is 1.92 bits per heavy atom. The molecule has 0 saturated heterocycles. The van der Waals surface area contributed by atoms with Crippen molar-refractivity contribution in [2.75, 3.05) is 26.7 Å². The van der Waals surface area contributed by atoms with Crippen molar-refractivity contribution in [3.8, 4) is 5.75 Å². The average Bonchev–Trinajstić information content (AvgIpc) is 2.65. The fraction of sp³-hybridized carbons (Fsp3) is 0.400. The van der Waals surface area contributed by atoms with Crippen molar-refractivity contribution in [2.45, 2.75) is 26.8 Å². The lowest BCUT2D eigenvalue weighted by Crippen LogP contribution is -2.38. The number of nitrogens with one attached hydrogen (secondary N) is 1. The normalized spacial score (nSPS) is 12.0. The maximum atomic E-state index is 12.4. The first-order valence-electron chi connectivity index (χ1n) is 8.68. The Labute approximate surface area is 150 Å². The molecule has 1 amide bonds. The molecule has 0 aliphatic heterocycles. The molecule has 0 aliphatic carbocycles. The van der Waals surface area contributed by atoms with Gasteiger partial charge in [0.15, 0.2) is 0 Å². The topological polar surface area (TPSA) is 54.5 Å². The van der Waals surface area contributed by atoms with E-state index < -0.39 is 0 Å². The van der Waals surface area contributed by atoms with Gasteiger partial charge in [0.25, 0.3) is 5.91 Å². The predicted molar refractivity (Wildman–Crippen MR) is 100.0 cm³/mol. The number of methoxy groups -OCH3 is 1. The summed E-state index contributed by atoms with van der Waals surface area (Å²) < 4.78 is 5.34. The van der Waals surface area contributed by atoms with E-state index in [9.17, 15) is 4.79 Å². The zero-order chi connectivity index (χ0) is 18.2. The van der Waals surface area contributed by atoms with Crippen LogP contribution in [0.25, 0.3) is 0 Å². The highest BCUT2D eigenvalue weighted by Crippen LogP contribution is 2.23. The molecule has 1 aromatic carbocycles. The van der Waals surface area contributed by atoms with Gasteiger partial charge in [-0.1, -0.05) is 32.0 Å². The third-order valence-electron chi connectivity index (χ3n) is 4.31. The molecule has 1 atom stereocenters. The van der Waals surface area contributed by atoms with Gasteiger partial charge in [0.1, 0.15) is 11.4 Å². The Bertz CT molecular complexity index is 699. The Morgan fingerprint density at radius 3 is 2.56 bits per heavy atom. The number of benzene rings is 1. The summed E-state index contributed by atoms with van der Waals surface area (Å²) in [5, 5.41) is 3.03. The van der Waals surface area contributed by atoms with Crippen LogP contribution in [0.1, 0.15) is 41.6 Å². The van der Waals surface area contributed by atoms with Crippen LogP contribution in [0.4, 0.5) is 0 Å². The van der Waals surface area contributed by atoms with Gasteiger partial charge in [0.2, 0.25) is 0 Å². The standard InChI is InChI=1S/C20H27N3O2/c1-5-23(6-2)19(16-10-8-11-17(13-16)25-4)14-21-20(24)18-12-7-9-15(3)22-18/h7-13,19H,5-6,14H2,1-4H3,(H,21,24). The number of carbonyl (C=O) groups excluding carboxylic acids is 1. The molecule has 25 heavy (non-hydrogen) atoms. The smallest absolute Gasteiger partial charge is 0.269 e. The number of likely N-dealkylation sites (N-methyl/N-ethyl adjacent to an activating group) is 1. The van der Waals surface area contributed by atoms with Crippen LogP contribution in [0.5, 0.6) is 5.75 Å². The first kappa shape index (κ1) is 18.9. The van der Waals surface area contributed by atoms with Crippen LogP contribution >= 0.6 is 0 Å². The first-order valence-corrected chi connectivity index (χ1v) is 8.68. The summed E-state index contributed by atoms with van der Waals surface area (Å²) in [4.78, 5) is 19.0. The number of carbonyl (C=O) groups is 1. The molecule has 0 saturated carbocycles. The number of rotatable bonds is 8. The maximum absolute atomic E-state index is 12.4. The molecule has 0 aliphatic rings. The largest absolute Gasteiger partial charge is 0.497 e. The molecule has 0 fully saturated rings. The summed E-state index contributed by atoms with van der Waals surface area (Å²) >= 11 is 0. The molecular weight excluding hydrogens is 314 g/mol. The summed E-state index contributed by atoms with van der Waals surface area (Å²) in [5.41, 5.74) is 2.41. The van der Waals surface area contributed by atoms with E-state index in [1.807, 2.05) is 37.3 Å².